The lowest BCUT2D eigenvalue weighted by molar-refractivity contribution is 0.0691. The van der Waals surface area contributed by atoms with Crippen molar-refractivity contribution in [1.29, 1.82) is 0 Å². The molecule has 0 aliphatic rings. The van der Waals surface area contributed by atoms with E-state index in [9.17, 15) is 9.18 Å². The van der Waals surface area contributed by atoms with Crippen molar-refractivity contribution in [3.63, 3.8) is 0 Å². The number of carboxylic acid groups (broad SMARTS) is 1. The molecule has 0 amide bonds. The fourth-order valence-corrected chi connectivity index (χ4v) is 1.68. The van der Waals surface area contributed by atoms with E-state index in [1.54, 1.807) is 19.9 Å². The maximum Gasteiger partial charge on any atom is 0.355 e. The second-order valence-electron chi connectivity index (χ2n) is 4.09. The van der Waals surface area contributed by atoms with Gasteiger partial charge in [-0.05, 0) is 19.9 Å². The molecule has 6 heteroatoms. The molecule has 0 aliphatic heterocycles. The summed E-state index contributed by atoms with van der Waals surface area (Å²) < 4.78 is 15.3. The van der Waals surface area contributed by atoms with Crippen LogP contribution in [0.1, 0.15) is 30.4 Å². The van der Waals surface area contributed by atoms with Crippen LogP contribution in [0.3, 0.4) is 0 Å². The molecule has 0 atom stereocenters. The number of carbonyl (C=O) groups is 1. The van der Waals surface area contributed by atoms with Gasteiger partial charge in [-0.1, -0.05) is 6.07 Å². The van der Waals surface area contributed by atoms with E-state index in [0.717, 1.165) is 0 Å². The van der Waals surface area contributed by atoms with Crippen LogP contribution < -0.4 is 0 Å². The van der Waals surface area contributed by atoms with Crippen LogP contribution in [0, 0.1) is 5.95 Å². The zero-order valence-electron chi connectivity index (χ0n) is 9.96. The predicted molar refractivity (Wildman–Crippen MR) is 62.8 cm³/mol. The van der Waals surface area contributed by atoms with Gasteiger partial charge in [0.25, 0.3) is 0 Å². The monoisotopic (exact) mass is 249 g/mol. The van der Waals surface area contributed by atoms with Crippen LogP contribution in [0.25, 0.3) is 11.1 Å². The molecule has 0 saturated carbocycles. The second kappa shape index (κ2) is 4.56. The first kappa shape index (κ1) is 12.2. The quantitative estimate of drug-likeness (QED) is 0.906. The first-order valence-corrected chi connectivity index (χ1v) is 5.44. The van der Waals surface area contributed by atoms with Gasteiger partial charge in [-0.25, -0.2) is 14.5 Å². The Morgan fingerprint density at radius 2 is 2.17 bits per heavy atom. The van der Waals surface area contributed by atoms with Gasteiger partial charge in [0.15, 0.2) is 5.69 Å². The van der Waals surface area contributed by atoms with E-state index in [1.165, 1.54) is 23.1 Å². The molecule has 1 N–H and O–H groups in total. The van der Waals surface area contributed by atoms with Gasteiger partial charge in [-0.3, -0.25) is 0 Å². The topological polar surface area (TPSA) is 68.0 Å². The summed E-state index contributed by atoms with van der Waals surface area (Å²) in [4.78, 5) is 14.8. The van der Waals surface area contributed by atoms with Gasteiger partial charge in [-0.2, -0.15) is 9.49 Å². The third kappa shape index (κ3) is 1.97. The predicted octanol–water partition coefficient (Wildman–Crippen LogP) is 2.36. The maximum atomic E-state index is 14.1. The zero-order chi connectivity index (χ0) is 13.3. The van der Waals surface area contributed by atoms with Crippen LogP contribution in [-0.4, -0.2) is 25.8 Å². The molecule has 0 aromatic carbocycles. The minimum Gasteiger partial charge on any atom is -0.476 e. The Morgan fingerprint density at radius 1 is 1.44 bits per heavy atom. The van der Waals surface area contributed by atoms with Crippen molar-refractivity contribution in [2.24, 2.45) is 0 Å². The smallest absolute Gasteiger partial charge is 0.355 e. The van der Waals surface area contributed by atoms with E-state index in [1.807, 2.05) is 0 Å². The molecule has 18 heavy (non-hydrogen) atoms. The van der Waals surface area contributed by atoms with Crippen LogP contribution in [-0.2, 0) is 0 Å². The molecule has 0 unspecified atom stereocenters. The number of halogens is 1. The maximum absolute atomic E-state index is 14.1. The van der Waals surface area contributed by atoms with E-state index in [4.69, 9.17) is 5.11 Å². The molecule has 2 aromatic heterocycles. The second-order valence-corrected chi connectivity index (χ2v) is 4.09. The highest BCUT2D eigenvalue weighted by molar-refractivity contribution is 5.93. The Hall–Kier alpha value is -2.24. The summed E-state index contributed by atoms with van der Waals surface area (Å²) in [6.07, 6.45) is 2.68. The van der Waals surface area contributed by atoms with Crippen molar-refractivity contribution in [2.45, 2.75) is 19.9 Å². The standard InChI is InChI=1S/C12H12FN3O2/c1-7(2)16-11(13)9(6-15-16)8-4-3-5-14-10(8)12(17)18/h3-7H,1-2H3,(H,17,18). The van der Waals surface area contributed by atoms with Gasteiger partial charge < -0.3 is 5.11 Å². The third-order valence-electron chi connectivity index (χ3n) is 2.52. The fraction of sp³-hybridized carbons (Fsp3) is 0.250. The molecule has 94 valence electrons. The van der Waals surface area contributed by atoms with Gasteiger partial charge in [0.05, 0.1) is 11.8 Å². The first-order chi connectivity index (χ1) is 8.52. The molecule has 5 nitrogen and oxygen atoms in total. The Labute approximate surface area is 103 Å². The Balaban J connectivity index is 2.59. The lowest BCUT2D eigenvalue weighted by Gasteiger charge is -2.06. The SMILES string of the molecule is CC(C)n1ncc(-c2cccnc2C(=O)O)c1F. The molecule has 0 radical (unpaired) electrons. The van der Waals surface area contributed by atoms with Crippen molar-refractivity contribution in [3.8, 4) is 11.1 Å². The molecule has 2 heterocycles. The van der Waals surface area contributed by atoms with Crippen molar-refractivity contribution >= 4 is 5.97 Å². The van der Waals surface area contributed by atoms with E-state index < -0.39 is 11.9 Å². The average Bonchev–Trinajstić information content (AvgIpc) is 2.71. The van der Waals surface area contributed by atoms with E-state index >= 15 is 0 Å². The van der Waals surface area contributed by atoms with Crippen molar-refractivity contribution in [3.05, 3.63) is 36.2 Å². The van der Waals surface area contributed by atoms with E-state index in [0.29, 0.717) is 0 Å². The van der Waals surface area contributed by atoms with Gasteiger partial charge in [0, 0.05) is 17.8 Å². The van der Waals surface area contributed by atoms with Crippen LogP contribution in [0.5, 0.6) is 0 Å². The summed E-state index contributed by atoms with van der Waals surface area (Å²) in [6, 6.07) is 2.94. The van der Waals surface area contributed by atoms with Gasteiger partial charge in [0.2, 0.25) is 5.95 Å². The number of carboxylic acids is 1. The largest absolute Gasteiger partial charge is 0.476 e. The number of pyridine rings is 1. The first-order valence-electron chi connectivity index (χ1n) is 5.44. The Morgan fingerprint density at radius 3 is 2.72 bits per heavy atom. The molecule has 0 spiro atoms. The third-order valence-corrected chi connectivity index (χ3v) is 2.52. The number of aromatic nitrogens is 3. The van der Waals surface area contributed by atoms with Gasteiger partial charge in [-0.15, -0.1) is 0 Å². The van der Waals surface area contributed by atoms with Crippen LogP contribution >= 0.6 is 0 Å². The molecule has 0 aliphatic carbocycles. The van der Waals surface area contributed by atoms with Crippen LogP contribution in [0.15, 0.2) is 24.5 Å². The van der Waals surface area contributed by atoms with Gasteiger partial charge >= 0.3 is 5.97 Å². The summed E-state index contributed by atoms with van der Waals surface area (Å²) >= 11 is 0. The Bertz CT molecular complexity index is 593. The summed E-state index contributed by atoms with van der Waals surface area (Å²) in [5, 5.41) is 12.9. The number of hydrogen-bond donors (Lipinski definition) is 1. The van der Waals surface area contributed by atoms with Gasteiger partial charge in [0.1, 0.15) is 0 Å². The molecule has 0 bridgehead atoms. The molecular formula is C12H12FN3O2. The summed E-state index contributed by atoms with van der Waals surface area (Å²) in [6.45, 7) is 3.59. The number of hydrogen-bond acceptors (Lipinski definition) is 3. The Kier molecular flexibility index (Phi) is 3.10. The number of rotatable bonds is 3. The normalized spacial score (nSPS) is 10.9. The minimum absolute atomic E-state index is 0.135. The lowest BCUT2D eigenvalue weighted by Crippen LogP contribution is -2.06. The highest BCUT2D eigenvalue weighted by Gasteiger charge is 2.20. The minimum atomic E-state index is -1.19. The van der Waals surface area contributed by atoms with Crippen molar-refractivity contribution in [1.82, 2.24) is 14.8 Å². The molecule has 0 saturated heterocycles. The zero-order valence-corrected chi connectivity index (χ0v) is 9.96. The molecule has 0 fully saturated rings. The summed E-state index contributed by atoms with van der Waals surface area (Å²) in [5.74, 6) is -1.75. The molecule has 2 aromatic rings. The van der Waals surface area contributed by atoms with Crippen molar-refractivity contribution < 1.29 is 14.3 Å². The van der Waals surface area contributed by atoms with E-state index in [2.05, 4.69) is 10.1 Å². The van der Waals surface area contributed by atoms with E-state index in [-0.39, 0.29) is 22.9 Å². The summed E-state index contributed by atoms with van der Waals surface area (Å²) in [7, 11) is 0. The lowest BCUT2D eigenvalue weighted by atomic mass is 10.1. The summed E-state index contributed by atoms with van der Waals surface area (Å²) in [5.41, 5.74) is 0.198. The molecular weight excluding hydrogens is 237 g/mol. The fourth-order valence-electron chi connectivity index (χ4n) is 1.68. The highest BCUT2D eigenvalue weighted by atomic mass is 19.1. The number of aromatic carboxylic acids is 1. The average molecular weight is 249 g/mol. The van der Waals surface area contributed by atoms with Crippen LogP contribution in [0.2, 0.25) is 0 Å². The highest BCUT2D eigenvalue weighted by Crippen LogP contribution is 2.26. The van der Waals surface area contributed by atoms with Crippen LogP contribution in [0.4, 0.5) is 4.39 Å². The molecule has 2 rings (SSSR count). The van der Waals surface area contributed by atoms with Crippen molar-refractivity contribution in [2.75, 3.05) is 0 Å². The number of nitrogens with zero attached hydrogens (tertiary/aromatic N) is 3.